The normalized spacial score (nSPS) is 15.7. The van der Waals surface area contributed by atoms with Gasteiger partial charge in [-0.1, -0.05) is 28.1 Å². The predicted molar refractivity (Wildman–Crippen MR) is 93.8 cm³/mol. The number of benzene rings is 1. The van der Waals surface area contributed by atoms with Crippen LogP contribution in [0.3, 0.4) is 0 Å². The number of nitrogens with one attached hydrogen (secondary N) is 1. The van der Waals surface area contributed by atoms with Gasteiger partial charge in [0, 0.05) is 49.0 Å². The van der Waals surface area contributed by atoms with Gasteiger partial charge in [0.1, 0.15) is 0 Å². The summed E-state index contributed by atoms with van der Waals surface area (Å²) in [6, 6.07) is 9.65. The highest BCUT2D eigenvalue weighted by Gasteiger charge is 2.15. The van der Waals surface area contributed by atoms with Crippen molar-refractivity contribution in [1.82, 2.24) is 14.8 Å². The van der Waals surface area contributed by atoms with Crippen LogP contribution in [0.15, 0.2) is 45.8 Å². The van der Waals surface area contributed by atoms with E-state index in [9.17, 15) is 9.90 Å². The molecule has 5 nitrogen and oxygen atoms in total. The van der Waals surface area contributed by atoms with Crippen LogP contribution in [0, 0.1) is 0 Å². The Morgan fingerprint density at radius 2 is 1.96 bits per heavy atom. The molecule has 3 rings (SSSR count). The third-order valence-electron chi connectivity index (χ3n) is 4.07. The number of hydrogen-bond acceptors (Lipinski definition) is 4. The summed E-state index contributed by atoms with van der Waals surface area (Å²) >= 11 is 3.43. The number of nitrogens with zero attached hydrogens (tertiary/aromatic N) is 2. The molecule has 1 aliphatic heterocycles. The molecule has 2 N–H and O–H groups in total. The van der Waals surface area contributed by atoms with Crippen LogP contribution in [0.4, 0.5) is 0 Å². The van der Waals surface area contributed by atoms with Crippen molar-refractivity contribution in [3.8, 4) is 5.75 Å². The van der Waals surface area contributed by atoms with Crippen LogP contribution in [0.25, 0.3) is 0 Å². The minimum Gasteiger partial charge on any atom is -0.503 e. The molecule has 2 aromatic rings. The van der Waals surface area contributed by atoms with Crippen LogP contribution in [-0.4, -0.2) is 40.8 Å². The maximum atomic E-state index is 12.4. The van der Waals surface area contributed by atoms with Crippen molar-refractivity contribution < 1.29 is 5.11 Å². The van der Waals surface area contributed by atoms with Crippen molar-refractivity contribution in [2.75, 3.05) is 26.2 Å². The van der Waals surface area contributed by atoms with E-state index in [0.717, 1.165) is 36.2 Å². The first kappa shape index (κ1) is 16.2. The van der Waals surface area contributed by atoms with E-state index in [1.807, 2.05) is 30.3 Å². The van der Waals surface area contributed by atoms with E-state index in [1.165, 1.54) is 0 Å². The molecule has 122 valence electrons. The van der Waals surface area contributed by atoms with Gasteiger partial charge in [0.25, 0.3) is 5.56 Å². The summed E-state index contributed by atoms with van der Waals surface area (Å²) in [4.78, 5) is 14.6. The van der Waals surface area contributed by atoms with Crippen molar-refractivity contribution in [2.24, 2.45) is 0 Å². The van der Waals surface area contributed by atoms with Gasteiger partial charge in [-0.25, -0.2) is 0 Å². The van der Waals surface area contributed by atoms with Crippen LogP contribution in [0.5, 0.6) is 5.75 Å². The van der Waals surface area contributed by atoms with Crippen LogP contribution >= 0.6 is 15.9 Å². The minimum absolute atomic E-state index is 0.138. The van der Waals surface area contributed by atoms with E-state index in [1.54, 1.807) is 10.8 Å². The molecule has 0 amide bonds. The average Bonchev–Trinajstić information content (AvgIpc) is 2.56. The standard InChI is InChI=1S/C17H20BrN3O2/c18-15-3-1-2-13(10-15)11-21-7-4-14(16(22)17(21)23)12-20-8-5-19-6-9-20/h1-4,7,10,19,22H,5-6,8-9,11-12H2. The molecule has 2 heterocycles. The molecule has 1 aromatic heterocycles. The number of piperazine rings is 1. The van der Waals surface area contributed by atoms with E-state index < -0.39 is 0 Å². The summed E-state index contributed by atoms with van der Waals surface area (Å²) in [6.07, 6.45) is 1.76. The summed E-state index contributed by atoms with van der Waals surface area (Å²) < 4.78 is 2.51. The molecule has 0 spiro atoms. The van der Waals surface area contributed by atoms with Crippen molar-refractivity contribution >= 4 is 15.9 Å². The number of rotatable bonds is 4. The van der Waals surface area contributed by atoms with Gasteiger partial charge in [0.2, 0.25) is 0 Å². The molecular formula is C17H20BrN3O2. The van der Waals surface area contributed by atoms with Crippen molar-refractivity contribution in [3.05, 3.63) is 62.5 Å². The maximum absolute atomic E-state index is 12.4. The summed E-state index contributed by atoms with van der Waals surface area (Å²) in [5.41, 5.74) is 1.37. The van der Waals surface area contributed by atoms with E-state index in [0.29, 0.717) is 18.7 Å². The summed E-state index contributed by atoms with van der Waals surface area (Å²) in [5, 5.41) is 13.6. The largest absolute Gasteiger partial charge is 0.503 e. The Bertz CT molecular complexity index is 739. The molecule has 1 aromatic carbocycles. The minimum atomic E-state index is -0.336. The Morgan fingerprint density at radius 1 is 1.17 bits per heavy atom. The van der Waals surface area contributed by atoms with Crippen LogP contribution < -0.4 is 10.9 Å². The van der Waals surface area contributed by atoms with Gasteiger partial charge >= 0.3 is 0 Å². The molecule has 23 heavy (non-hydrogen) atoms. The number of pyridine rings is 1. The highest BCUT2D eigenvalue weighted by atomic mass is 79.9. The van der Waals surface area contributed by atoms with Crippen molar-refractivity contribution in [1.29, 1.82) is 0 Å². The van der Waals surface area contributed by atoms with Crippen LogP contribution in [0.1, 0.15) is 11.1 Å². The molecule has 1 saturated heterocycles. The van der Waals surface area contributed by atoms with Crippen LogP contribution in [0.2, 0.25) is 0 Å². The van der Waals surface area contributed by atoms with Gasteiger partial charge in [0.15, 0.2) is 5.75 Å². The molecule has 0 aliphatic carbocycles. The maximum Gasteiger partial charge on any atom is 0.293 e. The lowest BCUT2D eigenvalue weighted by Crippen LogP contribution is -2.43. The Morgan fingerprint density at radius 3 is 2.70 bits per heavy atom. The Kier molecular flexibility index (Phi) is 5.15. The van der Waals surface area contributed by atoms with Gasteiger partial charge in [-0.15, -0.1) is 0 Å². The summed E-state index contributed by atoms with van der Waals surface area (Å²) in [5.74, 6) is -0.138. The quantitative estimate of drug-likeness (QED) is 0.852. The van der Waals surface area contributed by atoms with Gasteiger partial charge in [-0.05, 0) is 23.8 Å². The fraction of sp³-hybridized carbons (Fsp3) is 0.353. The number of aromatic nitrogens is 1. The van der Waals surface area contributed by atoms with Gasteiger partial charge in [-0.2, -0.15) is 0 Å². The van der Waals surface area contributed by atoms with Gasteiger partial charge in [-0.3, -0.25) is 9.69 Å². The molecular weight excluding hydrogens is 358 g/mol. The molecule has 0 radical (unpaired) electrons. The Labute approximate surface area is 143 Å². The average molecular weight is 378 g/mol. The summed E-state index contributed by atoms with van der Waals surface area (Å²) in [7, 11) is 0. The first-order valence-electron chi connectivity index (χ1n) is 7.72. The first-order chi connectivity index (χ1) is 11.1. The Balaban J connectivity index is 1.78. The number of aromatic hydroxyl groups is 1. The van der Waals surface area contributed by atoms with E-state index in [-0.39, 0.29) is 11.3 Å². The van der Waals surface area contributed by atoms with Gasteiger partial charge < -0.3 is 15.0 Å². The fourth-order valence-electron chi connectivity index (χ4n) is 2.79. The summed E-state index contributed by atoms with van der Waals surface area (Å²) in [6.45, 7) is 4.81. The van der Waals surface area contributed by atoms with Gasteiger partial charge in [0.05, 0.1) is 6.54 Å². The molecule has 6 heteroatoms. The second kappa shape index (κ2) is 7.29. The molecule has 1 fully saturated rings. The van der Waals surface area contributed by atoms with E-state index in [2.05, 4.69) is 26.1 Å². The molecule has 0 unspecified atom stereocenters. The lowest BCUT2D eigenvalue weighted by Gasteiger charge is -2.27. The smallest absolute Gasteiger partial charge is 0.293 e. The lowest BCUT2D eigenvalue weighted by atomic mass is 10.2. The molecule has 0 atom stereocenters. The highest BCUT2D eigenvalue weighted by Crippen LogP contribution is 2.16. The topological polar surface area (TPSA) is 57.5 Å². The second-order valence-electron chi connectivity index (χ2n) is 5.78. The molecule has 1 aliphatic rings. The third-order valence-corrected chi connectivity index (χ3v) is 4.56. The van der Waals surface area contributed by atoms with Crippen molar-refractivity contribution in [3.63, 3.8) is 0 Å². The number of hydrogen-bond donors (Lipinski definition) is 2. The second-order valence-corrected chi connectivity index (χ2v) is 6.69. The lowest BCUT2D eigenvalue weighted by molar-refractivity contribution is 0.230. The zero-order valence-electron chi connectivity index (χ0n) is 12.8. The van der Waals surface area contributed by atoms with Crippen molar-refractivity contribution in [2.45, 2.75) is 13.1 Å². The monoisotopic (exact) mass is 377 g/mol. The first-order valence-corrected chi connectivity index (χ1v) is 8.51. The fourth-order valence-corrected chi connectivity index (χ4v) is 3.24. The highest BCUT2D eigenvalue weighted by molar-refractivity contribution is 9.10. The third kappa shape index (κ3) is 4.02. The zero-order valence-corrected chi connectivity index (χ0v) is 14.4. The van der Waals surface area contributed by atoms with E-state index >= 15 is 0 Å². The van der Waals surface area contributed by atoms with Crippen LogP contribution in [-0.2, 0) is 13.1 Å². The predicted octanol–water partition coefficient (Wildman–Crippen LogP) is 1.77. The number of halogens is 1. The molecule has 0 saturated carbocycles. The van der Waals surface area contributed by atoms with E-state index in [4.69, 9.17) is 0 Å². The Hall–Kier alpha value is -1.63. The SMILES string of the molecule is O=c1c(O)c(CN2CCNCC2)ccn1Cc1cccc(Br)c1. The zero-order chi connectivity index (χ0) is 16.2. The molecule has 0 bridgehead atoms.